The summed E-state index contributed by atoms with van der Waals surface area (Å²) < 4.78 is 0. The van der Waals surface area contributed by atoms with Gasteiger partial charge in [-0.2, -0.15) is 0 Å². The van der Waals surface area contributed by atoms with Crippen LogP contribution in [0.5, 0.6) is 0 Å². The Morgan fingerprint density at radius 1 is 1.44 bits per heavy atom. The van der Waals surface area contributed by atoms with Gasteiger partial charge in [0.1, 0.15) is 0 Å². The molecular weight excluding hydrogens is 214 g/mol. The van der Waals surface area contributed by atoms with Crippen molar-refractivity contribution in [2.75, 3.05) is 19.3 Å². The van der Waals surface area contributed by atoms with E-state index in [9.17, 15) is 0 Å². The van der Waals surface area contributed by atoms with Gasteiger partial charge in [0.25, 0.3) is 0 Å². The molecule has 0 saturated carbocycles. The molecule has 2 heteroatoms. The van der Waals surface area contributed by atoms with Crippen LogP contribution in [-0.2, 0) is 0 Å². The second kappa shape index (κ2) is 5.74. The Morgan fingerprint density at radius 3 is 3.00 bits per heavy atom. The van der Waals surface area contributed by atoms with Crippen LogP contribution >= 0.6 is 11.8 Å². The zero-order chi connectivity index (χ0) is 11.4. The molecule has 2 rings (SSSR count). The number of likely N-dealkylation sites (tertiary alicyclic amines) is 1. The summed E-state index contributed by atoms with van der Waals surface area (Å²) in [5.41, 5.74) is 1.36. The molecule has 1 saturated heterocycles. The van der Waals surface area contributed by atoms with E-state index in [-0.39, 0.29) is 0 Å². The lowest BCUT2D eigenvalue weighted by Crippen LogP contribution is -2.25. The molecule has 0 aromatic heterocycles. The summed E-state index contributed by atoms with van der Waals surface area (Å²) in [7, 11) is 2.26. The highest BCUT2D eigenvalue weighted by Gasteiger charge is 2.19. The van der Waals surface area contributed by atoms with Crippen LogP contribution in [0.3, 0.4) is 0 Å². The second-order valence-corrected chi connectivity index (χ2v) is 5.90. The topological polar surface area (TPSA) is 3.24 Å². The molecule has 0 aliphatic carbocycles. The monoisotopic (exact) mass is 235 g/mol. The first-order chi connectivity index (χ1) is 7.75. The molecule has 1 fully saturated rings. The van der Waals surface area contributed by atoms with Crippen molar-refractivity contribution in [3.63, 3.8) is 0 Å². The second-order valence-electron chi connectivity index (χ2n) is 4.73. The smallest absolute Gasteiger partial charge is 0.0101 e. The molecule has 1 aliphatic heterocycles. The zero-order valence-electron chi connectivity index (χ0n) is 10.3. The lowest BCUT2D eigenvalue weighted by molar-refractivity contribution is 0.305. The summed E-state index contributed by atoms with van der Waals surface area (Å²) in [6.45, 7) is 3.45. The summed E-state index contributed by atoms with van der Waals surface area (Å²) in [6.07, 6.45) is 4.11. The molecule has 1 heterocycles. The van der Waals surface area contributed by atoms with Crippen LogP contribution in [0.25, 0.3) is 0 Å². The third-order valence-corrected chi connectivity index (χ3v) is 4.41. The number of thioether (sulfide) groups is 1. The van der Waals surface area contributed by atoms with Crippen LogP contribution in [-0.4, -0.2) is 30.3 Å². The van der Waals surface area contributed by atoms with Crippen molar-refractivity contribution in [3.8, 4) is 0 Å². The van der Waals surface area contributed by atoms with E-state index in [2.05, 4.69) is 43.1 Å². The van der Waals surface area contributed by atoms with Gasteiger partial charge in [0, 0.05) is 10.9 Å². The van der Waals surface area contributed by atoms with Gasteiger partial charge in [-0.05, 0) is 57.7 Å². The van der Waals surface area contributed by atoms with E-state index in [1.165, 1.54) is 42.0 Å². The third-order valence-electron chi connectivity index (χ3n) is 3.38. The van der Waals surface area contributed by atoms with Crippen LogP contribution in [0, 0.1) is 6.92 Å². The zero-order valence-corrected chi connectivity index (χ0v) is 11.1. The van der Waals surface area contributed by atoms with E-state index in [4.69, 9.17) is 0 Å². The maximum atomic E-state index is 2.51. The van der Waals surface area contributed by atoms with Crippen LogP contribution in [0.4, 0.5) is 0 Å². The molecule has 1 aliphatic rings. The van der Waals surface area contributed by atoms with Crippen molar-refractivity contribution < 1.29 is 0 Å². The van der Waals surface area contributed by atoms with Gasteiger partial charge in [-0.1, -0.05) is 17.7 Å². The molecule has 1 unspecified atom stereocenters. The highest BCUT2D eigenvalue weighted by molar-refractivity contribution is 7.99. The molecule has 1 aromatic rings. The van der Waals surface area contributed by atoms with Crippen LogP contribution in [0.2, 0.25) is 0 Å². The predicted octanol–water partition coefficient (Wildman–Crippen LogP) is 3.57. The maximum Gasteiger partial charge on any atom is 0.0101 e. The number of hydrogen-bond acceptors (Lipinski definition) is 2. The third kappa shape index (κ3) is 3.26. The Kier molecular flexibility index (Phi) is 4.30. The highest BCUT2D eigenvalue weighted by atomic mass is 32.2. The predicted molar refractivity (Wildman–Crippen MR) is 72.2 cm³/mol. The fourth-order valence-corrected chi connectivity index (χ4v) is 3.43. The first-order valence-electron chi connectivity index (χ1n) is 6.15. The fraction of sp³-hybridized carbons (Fsp3) is 0.571. The van der Waals surface area contributed by atoms with Gasteiger partial charge in [-0.25, -0.2) is 0 Å². The summed E-state index contributed by atoms with van der Waals surface area (Å²) >= 11 is 2.00. The van der Waals surface area contributed by atoms with Crippen LogP contribution in [0.1, 0.15) is 24.8 Å². The Morgan fingerprint density at radius 2 is 2.31 bits per heavy atom. The number of benzene rings is 1. The Bertz CT molecular complexity index is 337. The Labute approximate surface area is 103 Å². The van der Waals surface area contributed by atoms with E-state index in [1.54, 1.807) is 0 Å². The van der Waals surface area contributed by atoms with Crippen molar-refractivity contribution in [1.82, 2.24) is 4.90 Å². The van der Waals surface area contributed by atoms with Crippen LogP contribution in [0.15, 0.2) is 29.2 Å². The SMILES string of the molecule is Cc1cccc(SCCC2CCCN2C)c1. The Balaban J connectivity index is 1.75. The summed E-state index contributed by atoms with van der Waals surface area (Å²) in [5, 5.41) is 0. The number of nitrogens with zero attached hydrogens (tertiary/aromatic N) is 1. The largest absolute Gasteiger partial charge is 0.303 e. The highest BCUT2D eigenvalue weighted by Crippen LogP contribution is 2.24. The van der Waals surface area contributed by atoms with Gasteiger partial charge >= 0.3 is 0 Å². The molecule has 0 bridgehead atoms. The minimum absolute atomic E-state index is 0.831. The van der Waals surface area contributed by atoms with Gasteiger partial charge in [0.2, 0.25) is 0 Å². The van der Waals surface area contributed by atoms with Gasteiger partial charge < -0.3 is 4.90 Å². The average molecular weight is 235 g/mol. The number of aryl methyl sites for hydroxylation is 1. The van der Waals surface area contributed by atoms with Gasteiger partial charge in [-0.3, -0.25) is 0 Å². The molecule has 0 radical (unpaired) electrons. The number of rotatable bonds is 4. The summed E-state index contributed by atoms with van der Waals surface area (Å²) in [6, 6.07) is 9.64. The molecule has 16 heavy (non-hydrogen) atoms. The van der Waals surface area contributed by atoms with Crippen molar-refractivity contribution in [1.29, 1.82) is 0 Å². The maximum absolute atomic E-state index is 2.51. The van der Waals surface area contributed by atoms with E-state index >= 15 is 0 Å². The minimum Gasteiger partial charge on any atom is -0.303 e. The van der Waals surface area contributed by atoms with Crippen molar-refractivity contribution >= 4 is 11.8 Å². The molecule has 1 atom stereocenters. The van der Waals surface area contributed by atoms with Crippen molar-refractivity contribution in [2.24, 2.45) is 0 Å². The van der Waals surface area contributed by atoms with Crippen LogP contribution < -0.4 is 0 Å². The molecular formula is C14H21NS. The van der Waals surface area contributed by atoms with E-state index < -0.39 is 0 Å². The quantitative estimate of drug-likeness (QED) is 0.734. The average Bonchev–Trinajstić information content (AvgIpc) is 2.65. The fourth-order valence-electron chi connectivity index (χ4n) is 2.36. The van der Waals surface area contributed by atoms with Gasteiger partial charge in [0.05, 0.1) is 0 Å². The first-order valence-corrected chi connectivity index (χ1v) is 7.14. The lowest BCUT2D eigenvalue weighted by atomic mass is 10.2. The van der Waals surface area contributed by atoms with Crippen molar-refractivity contribution in [2.45, 2.75) is 37.1 Å². The summed E-state index contributed by atoms with van der Waals surface area (Å²) in [5.74, 6) is 1.25. The molecule has 0 spiro atoms. The minimum atomic E-state index is 0.831. The van der Waals surface area contributed by atoms with E-state index in [1.807, 2.05) is 11.8 Å². The van der Waals surface area contributed by atoms with Gasteiger partial charge in [0.15, 0.2) is 0 Å². The number of hydrogen-bond donors (Lipinski definition) is 0. The van der Waals surface area contributed by atoms with Gasteiger partial charge in [-0.15, -0.1) is 11.8 Å². The molecule has 0 amide bonds. The Hall–Kier alpha value is -0.470. The molecule has 1 nitrogen and oxygen atoms in total. The normalized spacial score (nSPS) is 21.5. The first kappa shape index (κ1) is 12.0. The van der Waals surface area contributed by atoms with E-state index in [0.29, 0.717) is 0 Å². The molecule has 0 N–H and O–H groups in total. The van der Waals surface area contributed by atoms with E-state index in [0.717, 1.165) is 6.04 Å². The van der Waals surface area contributed by atoms with Crippen molar-refractivity contribution in [3.05, 3.63) is 29.8 Å². The molecule has 88 valence electrons. The lowest BCUT2D eigenvalue weighted by Gasteiger charge is -2.18. The summed E-state index contributed by atoms with van der Waals surface area (Å²) in [4.78, 5) is 3.93. The molecule has 1 aromatic carbocycles. The standard InChI is InChI=1S/C14H21NS/c1-12-5-3-7-14(11-12)16-10-8-13-6-4-9-15(13)2/h3,5,7,11,13H,4,6,8-10H2,1-2H3.